The molecule has 0 unspecified atom stereocenters. The molecule has 0 aliphatic carbocycles. The van der Waals surface area contributed by atoms with Gasteiger partial charge < -0.3 is 5.32 Å². The van der Waals surface area contributed by atoms with Gasteiger partial charge in [0, 0.05) is 0 Å². The molecule has 21 heavy (non-hydrogen) atoms. The van der Waals surface area contributed by atoms with E-state index in [0.29, 0.717) is 11.2 Å². The second-order valence-electron chi connectivity index (χ2n) is 4.63. The van der Waals surface area contributed by atoms with Crippen molar-refractivity contribution in [1.29, 1.82) is 0 Å². The zero-order valence-electron chi connectivity index (χ0n) is 11.4. The largest absolute Gasteiger partial charge is 0.322 e. The highest BCUT2D eigenvalue weighted by molar-refractivity contribution is 9.10. The Kier molecular flexibility index (Phi) is 3.73. The van der Waals surface area contributed by atoms with Crippen molar-refractivity contribution >= 4 is 50.3 Å². The Morgan fingerprint density at radius 2 is 2.19 bits per heavy atom. The lowest BCUT2D eigenvalue weighted by atomic mass is 10.2. The van der Waals surface area contributed by atoms with Crippen LogP contribution in [0.15, 0.2) is 22.7 Å². The van der Waals surface area contributed by atoms with Crippen LogP contribution in [0.25, 0.3) is 11.0 Å². The van der Waals surface area contributed by atoms with E-state index in [-0.39, 0.29) is 12.5 Å². The first kappa shape index (κ1) is 14.2. The molecule has 0 atom stereocenters. The molecule has 3 aromatic rings. The summed E-state index contributed by atoms with van der Waals surface area (Å²) in [6.07, 6.45) is 0. The maximum absolute atomic E-state index is 12.2. The minimum Gasteiger partial charge on any atom is -0.322 e. The van der Waals surface area contributed by atoms with E-state index in [4.69, 9.17) is 0 Å². The Balaban J connectivity index is 1.80. The highest BCUT2D eigenvalue weighted by Crippen LogP contribution is 2.22. The van der Waals surface area contributed by atoms with Gasteiger partial charge >= 0.3 is 0 Å². The Labute approximate surface area is 133 Å². The second-order valence-corrected chi connectivity index (χ2v) is 5.95. The first-order valence-electron chi connectivity index (χ1n) is 6.27. The number of rotatable bonds is 3. The summed E-state index contributed by atoms with van der Waals surface area (Å²) in [4.78, 5) is 12.2. The Hall–Kier alpha value is -1.80. The van der Waals surface area contributed by atoms with Crippen LogP contribution in [0.5, 0.6) is 0 Å². The number of benzene rings is 1. The van der Waals surface area contributed by atoms with Gasteiger partial charge in [0.1, 0.15) is 17.6 Å². The maximum atomic E-state index is 12.2. The molecule has 0 bridgehead atoms. The van der Waals surface area contributed by atoms with Crippen molar-refractivity contribution in [3.8, 4) is 0 Å². The number of aromatic nitrogens is 4. The number of aryl methyl sites for hydroxylation is 1. The van der Waals surface area contributed by atoms with E-state index < -0.39 is 0 Å². The lowest BCUT2D eigenvalue weighted by Crippen LogP contribution is -2.20. The van der Waals surface area contributed by atoms with Crippen molar-refractivity contribution in [2.45, 2.75) is 20.4 Å². The summed E-state index contributed by atoms with van der Waals surface area (Å²) in [7, 11) is 0. The highest BCUT2D eigenvalue weighted by atomic mass is 79.9. The fourth-order valence-corrected chi connectivity index (χ4v) is 2.90. The van der Waals surface area contributed by atoms with Gasteiger partial charge in [-0.05, 0) is 41.9 Å². The van der Waals surface area contributed by atoms with E-state index in [1.807, 2.05) is 32.0 Å². The predicted molar refractivity (Wildman–Crippen MR) is 85.4 cm³/mol. The van der Waals surface area contributed by atoms with Gasteiger partial charge in [-0.25, -0.2) is 0 Å². The van der Waals surface area contributed by atoms with Crippen molar-refractivity contribution in [3.05, 3.63) is 34.1 Å². The number of nitrogens with zero attached hydrogens (tertiary/aromatic N) is 4. The first-order valence-corrected chi connectivity index (χ1v) is 7.79. The molecule has 108 valence electrons. The number of nitrogens with one attached hydrogen (secondary N) is 1. The summed E-state index contributed by atoms with van der Waals surface area (Å²) in [6, 6.07) is 5.53. The van der Waals surface area contributed by atoms with Gasteiger partial charge in [-0.3, -0.25) is 9.48 Å². The number of fused-ring (bicyclic) bond motifs is 1. The van der Waals surface area contributed by atoms with Crippen LogP contribution in [0, 0.1) is 13.8 Å². The highest BCUT2D eigenvalue weighted by Gasteiger charge is 2.13. The topological polar surface area (TPSA) is 72.7 Å². The number of amides is 1. The summed E-state index contributed by atoms with van der Waals surface area (Å²) in [5.74, 6) is -0.145. The van der Waals surface area contributed by atoms with Gasteiger partial charge in [-0.2, -0.15) is 13.8 Å². The van der Waals surface area contributed by atoms with Crippen LogP contribution in [0.4, 0.5) is 5.69 Å². The predicted octanol–water partition coefficient (Wildman–Crippen LogP) is 2.91. The average molecular weight is 366 g/mol. The number of carbonyl (C=O) groups excluding carboxylic acids is 1. The molecular weight excluding hydrogens is 354 g/mol. The van der Waals surface area contributed by atoms with Crippen LogP contribution >= 0.6 is 27.7 Å². The molecule has 0 radical (unpaired) electrons. The molecule has 0 fully saturated rings. The second kappa shape index (κ2) is 5.53. The van der Waals surface area contributed by atoms with Crippen molar-refractivity contribution in [1.82, 2.24) is 18.5 Å². The van der Waals surface area contributed by atoms with Crippen LogP contribution in [-0.4, -0.2) is 24.4 Å². The molecule has 2 aromatic heterocycles. The quantitative estimate of drug-likeness (QED) is 0.774. The number of halogens is 1. The molecule has 1 amide bonds. The van der Waals surface area contributed by atoms with Crippen molar-refractivity contribution in [2.24, 2.45) is 0 Å². The summed E-state index contributed by atoms with van der Waals surface area (Å²) in [5.41, 5.74) is 3.96. The molecule has 0 spiro atoms. The molecule has 0 aliphatic rings. The molecule has 0 aliphatic heterocycles. The lowest BCUT2D eigenvalue weighted by molar-refractivity contribution is -0.116. The maximum Gasteiger partial charge on any atom is 0.246 e. The summed E-state index contributed by atoms with van der Waals surface area (Å²) in [5, 5.41) is 7.19. The van der Waals surface area contributed by atoms with E-state index in [9.17, 15) is 4.79 Å². The van der Waals surface area contributed by atoms with Gasteiger partial charge in [0.15, 0.2) is 0 Å². The monoisotopic (exact) mass is 365 g/mol. The van der Waals surface area contributed by atoms with E-state index in [0.717, 1.165) is 33.1 Å². The standard InChI is InChI=1S/C13H12BrN5OS/c1-7-12(14)8(2)19(16-7)6-11(20)15-9-4-3-5-10-13(9)18-21-17-10/h3-5H,6H2,1-2H3,(H,15,20). The summed E-state index contributed by atoms with van der Waals surface area (Å²) in [6.45, 7) is 3.97. The van der Waals surface area contributed by atoms with Gasteiger partial charge in [-0.1, -0.05) is 6.07 Å². The molecule has 1 N–H and O–H groups in total. The van der Waals surface area contributed by atoms with Gasteiger partial charge in [0.2, 0.25) is 5.91 Å². The molecule has 2 heterocycles. The zero-order valence-corrected chi connectivity index (χ0v) is 13.8. The smallest absolute Gasteiger partial charge is 0.246 e. The van der Waals surface area contributed by atoms with Crippen molar-refractivity contribution < 1.29 is 4.79 Å². The van der Waals surface area contributed by atoms with E-state index >= 15 is 0 Å². The Bertz CT molecular complexity index is 825. The van der Waals surface area contributed by atoms with Crippen molar-refractivity contribution in [2.75, 3.05) is 5.32 Å². The third-order valence-electron chi connectivity index (χ3n) is 3.15. The fourth-order valence-electron chi connectivity index (χ4n) is 2.06. The molecule has 0 saturated heterocycles. The minimum atomic E-state index is -0.145. The Morgan fingerprint density at radius 1 is 1.38 bits per heavy atom. The minimum absolute atomic E-state index is 0.145. The molecule has 1 aromatic carbocycles. The summed E-state index contributed by atoms with van der Waals surface area (Å²) >= 11 is 4.58. The van der Waals surface area contributed by atoms with Crippen LogP contribution in [0.1, 0.15) is 11.4 Å². The first-order chi connectivity index (χ1) is 10.1. The summed E-state index contributed by atoms with van der Waals surface area (Å²) < 4.78 is 11.0. The fraction of sp³-hybridized carbons (Fsp3) is 0.231. The normalized spacial score (nSPS) is 11.0. The average Bonchev–Trinajstić information content (AvgIpc) is 3.01. The van der Waals surface area contributed by atoms with Crippen molar-refractivity contribution in [3.63, 3.8) is 0 Å². The van der Waals surface area contributed by atoms with Crippen LogP contribution in [0.2, 0.25) is 0 Å². The molecule has 0 saturated carbocycles. The van der Waals surface area contributed by atoms with E-state index in [2.05, 4.69) is 35.1 Å². The molecular formula is C13H12BrN5OS. The van der Waals surface area contributed by atoms with Crippen LogP contribution in [0.3, 0.4) is 0 Å². The molecule has 3 rings (SSSR count). The third kappa shape index (κ3) is 2.68. The Morgan fingerprint density at radius 3 is 2.90 bits per heavy atom. The molecule has 6 nitrogen and oxygen atoms in total. The number of anilines is 1. The molecule has 8 heteroatoms. The zero-order chi connectivity index (χ0) is 15.0. The van der Waals surface area contributed by atoms with E-state index in [1.165, 1.54) is 0 Å². The number of hydrogen-bond acceptors (Lipinski definition) is 5. The number of carbonyl (C=O) groups is 1. The number of hydrogen-bond donors (Lipinski definition) is 1. The lowest BCUT2D eigenvalue weighted by Gasteiger charge is -2.07. The van der Waals surface area contributed by atoms with Gasteiger partial charge in [0.25, 0.3) is 0 Å². The SMILES string of the molecule is Cc1nn(CC(=O)Nc2cccc3nsnc23)c(C)c1Br. The van der Waals surface area contributed by atoms with Gasteiger partial charge in [-0.15, -0.1) is 0 Å². The third-order valence-corrected chi connectivity index (χ3v) is 4.84. The van der Waals surface area contributed by atoms with Gasteiger partial charge in [0.05, 0.1) is 33.3 Å². The van der Waals surface area contributed by atoms with Crippen LogP contribution in [-0.2, 0) is 11.3 Å². The van der Waals surface area contributed by atoms with Crippen LogP contribution < -0.4 is 5.32 Å². The van der Waals surface area contributed by atoms with E-state index in [1.54, 1.807) is 4.68 Å².